The smallest absolute Gasteiger partial charge is 0.137 e. The molecule has 2 aromatic rings. The molecule has 19 heavy (non-hydrogen) atoms. The molecule has 0 saturated carbocycles. The van der Waals surface area contributed by atoms with Crippen LogP contribution in [-0.2, 0) is 6.42 Å². The maximum Gasteiger partial charge on any atom is 0.137 e. The summed E-state index contributed by atoms with van der Waals surface area (Å²) in [6.45, 7) is 5.05. The summed E-state index contributed by atoms with van der Waals surface area (Å²) in [6.07, 6.45) is 0.977. The monoisotopic (exact) mass is 256 g/mol. The minimum absolute atomic E-state index is 0.770. The number of nitrogens with two attached hydrogens (primary N) is 1. The van der Waals surface area contributed by atoms with E-state index in [1.54, 1.807) is 0 Å². The third-order valence-corrected chi connectivity index (χ3v) is 3.05. The van der Waals surface area contributed by atoms with Gasteiger partial charge in [0.15, 0.2) is 0 Å². The average Bonchev–Trinajstić information content (AvgIpc) is 2.46. The molecule has 0 amide bonds. The van der Waals surface area contributed by atoms with Crippen LogP contribution in [0.1, 0.15) is 18.1 Å². The molecule has 0 unspecified atom stereocenters. The second-order valence-corrected chi connectivity index (χ2v) is 4.64. The summed E-state index contributed by atoms with van der Waals surface area (Å²) in [4.78, 5) is 0. The van der Waals surface area contributed by atoms with Crippen LogP contribution >= 0.6 is 0 Å². The molecule has 2 aromatic carbocycles. The number of benzene rings is 2. The summed E-state index contributed by atoms with van der Waals surface area (Å²) in [5, 5.41) is 2.24. The minimum Gasteiger partial charge on any atom is -0.488 e. The third-order valence-electron chi connectivity index (χ3n) is 3.05. The van der Waals surface area contributed by atoms with E-state index in [9.17, 15) is 0 Å². The number of ether oxygens (including phenoxy) is 1. The lowest BCUT2D eigenvalue weighted by Crippen LogP contribution is -2.84. The van der Waals surface area contributed by atoms with Gasteiger partial charge in [0.25, 0.3) is 0 Å². The van der Waals surface area contributed by atoms with E-state index in [2.05, 4.69) is 60.8 Å². The van der Waals surface area contributed by atoms with Gasteiger partial charge in [-0.2, -0.15) is 0 Å². The molecular formula is C17H22NO+. The first kappa shape index (κ1) is 13.6. The van der Waals surface area contributed by atoms with Gasteiger partial charge in [-0.15, -0.1) is 0 Å². The van der Waals surface area contributed by atoms with Gasteiger partial charge in [-0.25, -0.2) is 0 Å². The molecule has 0 atom stereocenters. The highest BCUT2D eigenvalue weighted by Crippen LogP contribution is 2.15. The first-order chi connectivity index (χ1) is 9.38. The molecule has 0 aliphatic carbocycles. The van der Waals surface area contributed by atoms with E-state index < -0.39 is 0 Å². The lowest BCUT2D eigenvalue weighted by Gasteiger charge is -2.06. The Morgan fingerprint density at radius 2 is 1.58 bits per heavy atom. The summed E-state index contributed by atoms with van der Waals surface area (Å²) in [6, 6.07) is 18.9. The fraction of sp³-hybridized carbons (Fsp3) is 0.294. The fourth-order valence-corrected chi connectivity index (χ4v) is 2.00. The standard InChI is InChI=1S/C17H21NO/c1-2-18-12-13-19-17-10-8-16(9-11-17)14-15-6-4-3-5-7-15/h3-11,18H,2,12-14H2,1H3/p+1. The van der Waals surface area contributed by atoms with Gasteiger partial charge in [0.1, 0.15) is 18.9 Å². The van der Waals surface area contributed by atoms with Crippen LogP contribution in [0.4, 0.5) is 0 Å². The van der Waals surface area contributed by atoms with E-state index in [0.29, 0.717) is 0 Å². The highest BCUT2D eigenvalue weighted by Gasteiger charge is 1.98. The molecule has 0 aliphatic heterocycles. The van der Waals surface area contributed by atoms with Crippen molar-refractivity contribution in [3.05, 3.63) is 65.7 Å². The van der Waals surface area contributed by atoms with E-state index in [1.165, 1.54) is 11.1 Å². The second kappa shape index (κ2) is 7.59. The molecule has 0 heterocycles. The van der Waals surface area contributed by atoms with Crippen LogP contribution in [-0.4, -0.2) is 19.7 Å². The zero-order valence-corrected chi connectivity index (χ0v) is 11.5. The van der Waals surface area contributed by atoms with Gasteiger partial charge in [-0.1, -0.05) is 42.5 Å². The molecule has 2 nitrogen and oxygen atoms in total. The van der Waals surface area contributed by atoms with Crippen LogP contribution in [0, 0.1) is 0 Å². The molecule has 0 spiro atoms. The third kappa shape index (κ3) is 4.76. The van der Waals surface area contributed by atoms with Crippen molar-refractivity contribution >= 4 is 0 Å². The number of hydrogen-bond acceptors (Lipinski definition) is 1. The Balaban J connectivity index is 1.84. The van der Waals surface area contributed by atoms with Crippen molar-refractivity contribution in [2.75, 3.05) is 19.7 Å². The Morgan fingerprint density at radius 3 is 2.26 bits per heavy atom. The van der Waals surface area contributed by atoms with E-state index in [4.69, 9.17) is 4.74 Å². The van der Waals surface area contributed by atoms with Gasteiger partial charge in [-0.3, -0.25) is 0 Å². The number of hydrogen-bond donors (Lipinski definition) is 1. The Bertz CT molecular complexity index is 464. The van der Waals surface area contributed by atoms with Crippen molar-refractivity contribution in [3.63, 3.8) is 0 Å². The van der Waals surface area contributed by atoms with Crippen LogP contribution in [0.5, 0.6) is 5.75 Å². The molecule has 2 rings (SSSR count). The summed E-state index contributed by atoms with van der Waals surface area (Å²) in [5.74, 6) is 0.960. The molecule has 0 aromatic heterocycles. The summed E-state index contributed by atoms with van der Waals surface area (Å²) in [7, 11) is 0. The largest absolute Gasteiger partial charge is 0.488 e. The lowest BCUT2D eigenvalue weighted by molar-refractivity contribution is -0.652. The van der Waals surface area contributed by atoms with Gasteiger partial charge in [-0.05, 0) is 36.6 Å². The quantitative estimate of drug-likeness (QED) is 0.755. The Hall–Kier alpha value is -1.80. The zero-order valence-electron chi connectivity index (χ0n) is 11.5. The maximum atomic E-state index is 5.68. The molecular weight excluding hydrogens is 234 g/mol. The molecule has 2 heteroatoms. The van der Waals surface area contributed by atoms with Gasteiger partial charge in [0.05, 0.1) is 6.54 Å². The Morgan fingerprint density at radius 1 is 0.895 bits per heavy atom. The molecule has 2 N–H and O–H groups in total. The highest BCUT2D eigenvalue weighted by atomic mass is 16.5. The van der Waals surface area contributed by atoms with Crippen LogP contribution in [0.15, 0.2) is 54.6 Å². The summed E-state index contributed by atoms with van der Waals surface area (Å²) in [5.41, 5.74) is 2.66. The molecule has 0 radical (unpaired) electrons. The Kier molecular flexibility index (Phi) is 5.45. The van der Waals surface area contributed by atoms with Crippen molar-refractivity contribution in [1.82, 2.24) is 0 Å². The van der Waals surface area contributed by atoms with Crippen LogP contribution < -0.4 is 10.1 Å². The number of quaternary nitrogens is 1. The highest BCUT2D eigenvalue weighted by molar-refractivity contribution is 5.31. The number of likely N-dealkylation sites (N-methyl/N-ethyl adjacent to an activating group) is 1. The van der Waals surface area contributed by atoms with E-state index >= 15 is 0 Å². The first-order valence-electron chi connectivity index (χ1n) is 6.96. The van der Waals surface area contributed by atoms with Crippen molar-refractivity contribution in [1.29, 1.82) is 0 Å². The fourth-order valence-electron chi connectivity index (χ4n) is 2.00. The van der Waals surface area contributed by atoms with E-state index in [-0.39, 0.29) is 0 Å². The van der Waals surface area contributed by atoms with Gasteiger partial charge >= 0.3 is 0 Å². The van der Waals surface area contributed by atoms with Crippen molar-refractivity contribution < 1.29 is 10.1 Å². The predicted octanol–water partition coefficient (Wildman–Crippen LogP) is 2.24. The predicted molar refractivity (Wildman–Crippen MR) is 78.5 cm³/mol. The molecule has 0 saturated heterocycles. The van der Waals surface area contributed by atoms with E-state index in [0.717, 1.165) is 31.9 Å². The molecule has 0 fully saturated rings. The van der Waals surface area contributed by atoms with Crippen molar-refractivity contribution in [3.8, 4) is 5.75 Å². The van der Waals surface area contributed by atoms with Crippen molar-refractivity contribution in [2.24, 2.45) is 0 Å². The number of rotatable bonds is 7. The summed E-state index contributed by atoms with van der Waals surface area (Å²) < 4.78 is 5.68. The van der Waals surface area contributed by atoms with Gasteiger partial charge in [0, 0.05) is 0 Å². The molecule has 100 valence electrons. The van der Waals surface area contributed by atoms with Crippen LogP contribution in [0.3, 0.4) is 0 Å². The van der Waals surface area contributed by atoms with Crippen LogP contribution in [0.25, 0.3) is 0 Å². The summed E-state index contributed by atoms with van der Waals surface area (Å²) >= 11 is 0. The van der Waals surface area contributed by atoms with Crippen molar-refractivity contribution in [2.45, 2.75) is 13.3 Å². The van der Waals surface area contributed by atoms with E-state index in [1.807, 2.05) is 6.07 Å². The lowest BCUT2D eigenvalue weighted by atomic mass is 10.1. The minimum atomic E-state index is 0.770. The Labute approximate surface area is 115 Å². The first-order valence-corrected chi connectivity index (χ1v) is 6.96. The maximum absolute atomic E-state index is 5.68. The molecule has 0 aliphatic rings. The molecule has 0 bridgehead atoms. The van der Waals surface area contributed by atoms with Gasteiger partial charge in [0.2, 0.25) is 0 Å². The zero-order chi connectivity index (χ0) is 13.3. The normalized spacial score (nSPS) is 10.4. The van der Waals surface area contributed by atoms with Crippen LogP contribution in [0.2, 0.25) is 0 Å². The second-order valence-electron chi connectivity index (χ2n) is 4.64. The van der Waals surface area contributed by atoms with Gasteiger partial charge < -0.3 is 10.1 Å². The SMILES string of the molecule is CC[NH2+]CCOc1ccc(Cc2ccccc2)cc1. The average molecular weight is 256 g/mol. The topological polar surface area (TPSA) is 25.8 Å².